The minimum absolute atomic E-state index is 0.0849. The van der Waals surface area contributed by atoms with Crippen molar-refractivity contribution in [3.63, 3.8) is 0 Å². The van der Waals surface area contributed by atoms with Crippen LogP contribution in [-0.4, -0.2) is 29.9 Å². The van der Waals surface area contributed by atoms with Crippen LogP contribution in [0.15, 0.2) is 18.2 Å². The van der Waals surface area contributed by atoms with Crippen molar-refractivity contribution in [3.05, 3.63) is 35.4 Å². The number of hydrogen-bond acceptors (Lipinski definition) is 3. The van der Waals surface area contributed by atoms with Gasteiger partial charge in [0.15, 0.2) is 5.78 Å². The highest BCUT2D eigenvalue weighted by Crippen LogP contribution is 2.06. The Hall–Kier alpha value is -1.69. The van der Waals surface area contributed by atoms with E-state index in [4.69, 9.17) is 16.3 Å². The van der Waals surface area contributed by atoms with Crippen LogP contribution in [0.3, 0.4) is 0 Å². The van der Waals surface area contributed by atoms with E-state index in [1.807, 2.05) is 0 Å². The second-order valence-electron chi connectivity index (χ2n) is 5.47. The highest BCUT2D eigenvalue weighted by Gasteiger charge is 2.16. The fourth-order valence-corrected chi connectivity index (χ4v) is 1.32. The van der Waals surface area contributed by atoms with Crippen molar-refractivity contribution >= 4 is 23.5 Å². The van der Waals surface area contributed by atoms with Gasteiger partial charge < -0.3 is 10.1 Å². The molecule has 0 aliphatic heterocycles. The van der Waals surface area contributed by atoms with Gasteiger partial charge in [-0.2, -0.15) is 0 Å². The van der Waals surface area contributed by atoms with Crippen LogP contribution in [0.2, 0.25) is 0 Å². The number of amides is 1. The maximum absolute atomic E-state index is 12.2. The number of aryl methyl sites for hydroxylation is 1. The van der Waals surface area contributed by atoms with Crippen LogP contribution in [0.5, 0.6) is 0 Å². The van der Waals surface area contributed by atoms with E-state index in [9.17, 15) is 18.4 Å². The Kier molecular flexibility index (Phi) is 8.63. The van der Waals surface area contributed by atoms with Crippen molar-refractivity contribution in [2.24, 2.45) is 0 Å². The molecule has 0 fully saturated rings. The standard InChI is InChI=1S/C8H14ClNO3.C7H6F2/c1-8(2,3)13-7(12)10-5-6(11)4-9;1-5-2-6(8)4-7(9)3-5/h4-5H2,1-3H3,(H,10,12);2-4H,1H3. The zero-order valence-corrected chi connectivity index (χ0v) is 13.8. The molecule has 0 aliphatic rings. The van der Waals surface area contributed by atoms with E-state index in [1.54, 1.807) is 27.7 Å². The monoisotopic (exact) mass is 335 g/mol. The first kappa shape index (κ1) is 20.3. The molecule has 1 aromatic rings. The van der Waals surface area contributed by atoms with E-state index >= 15 is 0 Å². The number of benzene rings is 1. The summed E-state index contributed by atoms with van der Waals surface area (Å²) in [6, 6.07) is 3.42. The number of hydrogen-bond donors (Lipinski definition) is 1. The molecule has 0 saturated heterocycles. The number of alkyl carbamates (subject to hydrolysis) is 1. The lowest BCUT2D eigenvalue weighted by Crippen LogP contribution is -2.35. The first-order valence-electron chi connectivity index (χ1n) is 6.50. The summed E-state index contributed by atoms with van der Waals surface area (Å²) in [4.78, 5) is 21.6. The molecule has 0 bridgehead atoms. The molecule has 1 N–H and O–H groups in total. The van der Waals surface area contributed by atoms with Crippen LogP contribution in [0.1, 0.15) is 26.3 Å². The van der Waals surface area contributed by atoms with Gasteiger partial charge in [-0.05, 0) is 45.4 Å². The lowest BCUT2D eigenvalue weighted by molar-refractivity contribution is -0.115. The molecule has 0 unspecified atom stereocenters. The summed E-state index contributed by atoms with van der Waals surface area (Å²) < 4.78 is 29.3. The molecular weight excluding hydrogens is 316 g/mol. The highest BCUT2D eigenvalue weighted by molar-refractivity contribution is 6.28. The maximum Gasteiger partial charge on any atom is 0.408 e. The first-order valence-corrected chi connectivity index (χ1v) is 7.04. The van der Waals surface area contributed by atoms with Gasteiger partial charge in [-0.15, -0.1) is 11.6 Å². The van der Waals surface area contributed by atoms with Crippen molar-refractivity contribution in [2.45, 2.75) is 33.3 Å². The third kappa shape index (κ3) is 11.0. The number of alkyl halides is 1. The fraction of sp³-hybridized carbons (Fsp3) is 0.467. The molecule has 0 heterocycles. The number of ether oxygens (including phenoxy) is 1. The molecule has 0 spiro atoms. The van der Waals surface area contributed by atoms with Crippen molar-refractivity contribution in [1.82, 2.24) is 5.32 Å². The average Bonchev–Trinajstić information content (AvgIpc) is 2.32. The zero-order chi connectivity index (χ0) is 17.3. The van der Waals surface area contributed by atoms with Crippen LogP contribution in [0.4, 0.5) is 13.6 Å². The molecule has 124 valence electrons. The van der Waals surface area contributed by atoms with E-state index in [-0.39, 0.29) is 18.2 Å². The predicted molar refractivity (Wildman–Crippen MR) is 81.1 cm³/mol. The number of nitrogens with one attached hydrogen (secondary N) is 1. The normalized spacial score (nSPS) is 10.3. The van der Waals surface area contributed by atoms with Gasteiger partial charge in [-0.3, -0.25) is 4.79 Å². The lowest BCUT2D eigenvalue weighted by atomic mass is 10.2. The lowest BCUT2D eigenvalue weighted by Gasteiger charge is -2.19. The summed E-state index contributed by atoms with van der Waals surface area (Å²) in [6.07, 6.45) is -0.606. The van der Waals surface area contributed by atoms with E-state index in [2.05, 4.69) is 5.32 Å². The third-order valence-electron chi connectivity index (χ3n) is 1.98. The van der Waals surface area contributed by atoms with Crippen molar-refractivity contribution in [3.8, 4) is 0 Å². The Labute approximate surface area is 133 Å². The van der Waals surface area contributed by atoms with Crippen LogP contribution in [0, 0.1) is 18.6 Å². The summed E-state index contributed by atoms with van der Waals surface area (Å²) in [5, 5.41) is 2.29. The number of rotatable bonds is 3. The molecule has 0 aromatic heterocycles. The molecule has 4 nitrogen and oxygen atoms in total. The molecule has 22 heavy (non-hydrogen) atoms. The molecule has 0 atom stereocenters. The molecule has 1 amide bonds. The van der Waals surface area contributed by atoms with Gasteiger partial charge in [0, 0.05) is 6.07 Å². The van der Waals surface area contributed by atoms with Gasteiger partial charge in [0.25, 0.3) is 0 Å². The van der Waals surface area contributed by atoms with Crippen LogP contribution in [-0.2, 0) is 9.53 Å². The number of ketones is 1. The van der Waals surface area contributed by atoms with Gasteiger partial charge in [-0.1, -0.05) is 0 Å². The number of carbonyl (C=O) groups excluding carboxylic acids is 2. The summed E-state index contributed by atoms with van der Waals surface area (Å²) in [5.74, 6) is -1.39. The first-order chi connectivity index (χ1) is 10.0. The average molecular weight is 336 g/mol. The van der Waals surface area contributed by atoms with Gasteiger partial charge in [-0.25, -0.2) is 13.6 Å². The zero-order valence-electron chi connectivity index (χ0n) is 13.0. The highest BCUT2D eigenvalue weighted by atomic mass is 35.5. The molecule has 0 radical (unpaired) electrons. The van der Waals surface area contributed by atoms with Crippen molar-refractivity contribution in [2.75, 3.05) is 12.4 Å². The summed E-state index contributed by atoms with van der Waals surface area (Å²) in [7, 11) is 0. The van der Waals surface area contributed by atoms with Gasteiger partial charge in [0.05, 0.1) is 12.4 Å². The minimum Gasteiger partial charge on any atom is -0.444 e. The summed E-state index contributed by atoms with van der Waals surface area (Å²) >= 11 is 5.23. The second-order valence-corrected chi connectivity index (χ2v) is 5.74. The van der Waals surface area contributed by atoms with E-state index in [0.717, 1.165) is 6.07 Å². The van der Waals surface area contributed by atoms with Crippen LogP contribution >= 0.6 is 11.6 Å². The molecule has 1 aromatic carbocycles. The summed E-state index contributed by atoms with van der Waals surface area (Å²) in [6.45, 7) is 6.80. The number of Topliss-reactive ketones (excluding diaryl/α,β-unsaturated/α-hetero) is 1. The number of carbonyl (C=O) groups is 2. The fourth-order valence-electron chi connectivity index (χ4n) is 1.22. The van der Waals surface area contributed by atoms with Gasteiger partial charge >= 0.3 is 6.09 Å². The summed E-state index contributed by atoms with van der Waals surface area (Å²) in [5.41, 5.74) is 0.0566. The van der Waals surface area contributed by atoms with Crippen LogP contribution in [0.25, 0.3) is 0 Å². The largest absolute Gasteiger partial charge is 0.444 e. The van der Waals surface area contributed by atoms with Crippen molar-refractivity contribution < 1.29 is 23.1 Å². The Morgan fingerprint density at radius 2 is 1.68 bits per heavy atom. The van der Waals surface area contributed by atoms with Crippen LogP contribution < -0.4 is 5.32 Å². The smallest absolute Gasteiger partial charge is 0.408 e. The third-order valence-corrected chi connectivity index (χ3v) is 2.28. The molecule has 0 saturated carbocycles. The van der Waals surface area contributed by atoms with Crippen molar-refractivity contribution in [1.29, 1.82) is 0 Å². The van der Waals surface area contributed by atoms with E-state index in [1.165, 1.54) is 12.1 Å². The Balaban J connectivity index is 0.000000425. The minimum atomic E-state index is -0.606. The Morgan fingerprint density at radius 3 is 2.05 bits per heavy atom. The second kappa shape index (κ2) is 9.35. The van der Waals surface area contributed by atoms with E-state index < -0.39 is 23.3 Å². The molecule has 0 aliphatic carbocycles. The predicted octanol–water partition coefficient (Wildman–Crippen LogP) is 3.59. The SMILES string of the molecule is CC(C)(C)OC(=O)NCC(=O)CCl.Cc1cc(F)cc(F)c1. The van der Waals surface area contributed by atoms with E-state index in [0.29, 0.717) is 5.56 Å². The maximum atomic E-state index is 12.2. The Bertz CT molecular complexity index is 466. The topological polar surface area (TPSA) is 55.4 Å². The Morgan fingerprint density at radius 1 is 1.18 bits per heavy atom. The molecular formula is C15H20ClF2NO3. The molecule has 7 heteroatoms. The quantitative estimate of drug-likeness (QED) is 0.859. The van der Waals surface area contributed by atoms with Gasteiger partial charge in [0.1, 0.15) is 17.2 Å². The van der Waals surface area contributed by atoms with Gasteiger partial charge in [0.2, 0.25) is 0 Å². The number of halogens is 3. The molecule has 1 rings (SSSR count).